The molecule has 1 aliphatic heterocycles. The van der Waals surface area contributed by atoms with Crippen LogP contribution in [0.2, 0.25) is 0 Å². The van der Waals surface area contributed by atoms with Crippen LogP contribution in [0.5, 0.6) is 0 Å². The Morgan fingerprint density at radius 2 is 1.91 bits per heavy atom. The standard InChI is InChI=1S/C17H23N5O/c23-17(16-19-13-20-21-16)18-12-15(14-8-4-3-5-9-14)22-10-6-1-2-7-11-22/h3-5,8-9,13,15H,1-2,6-7,10-12H2,(H,18,23)(H,19,20,21)/t15-/m0/s1. The maximum absolute atomic E-state index is 12.1. The summed E-state index contributed by atoms with van der Waals surface area (Å²) in [5, 5.41) is 9.31. The number of carbonyl (C=O) groups is 1. The fourth-order valence-electron chi connectivity index (χ4n) is 3.13. The lowest BCUT2D eigenvalue weighted by molar-refractivity contribution is 0.0923. The van der Waals surface area contributed by atoms with E-state index in [4.69, 9.17) is 0 Å². The molecule has 0 saturated carbocycles. The largest absolute Gasteiger partial charge is 0.347 e. The van der Waals surface area contributed by atoms with Gasteiger partial charge in [0, 0.05) is 6.54 Å². The number of carbonyl (C=O) groups excluding carboxylic acids is 1. The molecule has 0 aliphatic carbocycles. The zero-order valence-corrected chi connectivity index (χ0v) is 13.2. The Bertz CT molecular complexity index is 591. The lowest BCUT2D eigenvalue weighted by Gasteiger charge is -2.31. The van der Waals surface area contributed by atoms with Gasteiger partial charge in [-0.1, -0.05) is 43.2 Å². The van der Waals surface area contributed by atoms with E-state index in [0.717, 1.165) is 13.1 Å². The van der Waals surface area contributed by atoms with Gasteiger partial charge in [0.2, 0.25) is 5.82 Å². The Hall–Kier alpha value is -2.21. The minimum absolute atomic E-state index is 0.196. The van der Waals surface area contributed by atoms with Crippen LogP contribution < -0.4 is 5.32 Å². The molecule has 1 aliphatic rings. The number of H-pyrrole nitrogens is 1. The lowest BCUT2D eigenvalue weighted by atomic mass is 10.0. The van der Waals surface area contributed by atoms with E-state index in [9.17, 15) is 4.79 Å². The van der Waals surface area contributed by atoms with Crippen LogP contribution in [0, 0.1) is 0 Å². The van der Waals surface area contributed by atoms with Crippen LogP contribution in [0.4, 0.5) is 0 Å². The highest BCUT2D eigenvalue weighted by atomic mass is 16.2. The molecule has 2 N–H and O–H groups in total. The molecule has 122 valence electrons. The van der Waals surface area contributed by atoms with Gasteiger partial charge in [-0.2, -0.15) is 5.10 Å². The van der Waals surface area contributed by atoms with Crippen molar-refractivity contribution in [3.63, 3.8) is 0 Å². The number of rotatable bonds is 5. The predicted molar refractivity (Wildman–Crippen MR) is 87.9 cm³/mol. The van der Waals surface area contributed by atoms with Gasteiger partial charge in [0.15, 0.2) is 0 Å². The molecule has 2 heterocycles. The molecule has 23 heavy (non-hydrogen) atoms. The first-order chi connectivity index (χ1) is 11.3. The van der Waals surface area contributed by atoms with E-state index in [1.54, 1.807) is 0 Å². The zero-order valence-electron chi connectivity index (χ0n) is 13.2. The van der Waals surface area contributed by atoms with Gasteiger partial charge < -0.3 is 5.32 Å². The van der Waals surface area contributed by atoms with Gasteiger partial charge in [-0.25, -0.2) is 4.98 Å². The molecule has 1 atom stereocenters. The average molecular weight is 313 g/mol. The molecule has 1 aromatic heterocycles. The Balaban J connectivity index is 1.71. The zero-order chi connectivity index (χ0) is 15.9. The first-order valence-corrected chi connectivity index (χ1v) is 8.27. The van der Waals surface area contributed by atoms with Crippen molar-refractivity contribution in [3.05, 3.63) is 48.0 Å². The quantitative estimate of drug-likeness (QED) is 0.887. The Kier molecular flexibility index (Phi) is 5.37. The number of nitrogens with zero attached hydrogens (tertiary/aromatic N) is 3. The number of hydrogen-bond acceptors (Lipinski definition) is 4. The Morgan fingerprint density at radius 1 is 1.17 bits per heavy atom. The average Bonchev–Trinajstić information content (AvgIpc) is 3.00. The van der Waals surface area contributed by atoms with Gasteiger partial charge in [-0.15, -0.1) is 0 Å². The highest BCUT2D eigenvalue weighted by molar-refractivity contribution is 5.90. The fraction of sp³-hybridized carbons (Fsp3) is 0.471. The van der Waals surface area contributed by atoms with E-state index in [1.165, 1.54) is 37.6 Å². The van der Waals surface area contributed by atoms with Gasteiger partial charge in [0.1, 0.15) is 6.33 Å². The summed E-state index contributed by atoms with van der Waals surface area (Å²) < 4.78 is 0. The summed E-state index contributed by atoms with van der Waals surface area (Å²) in [6.07, 6.45) is 6.38. The van der Waals surface area contributed by atoms with E-state index in [-0.39, 0.29) is 17.8 Å². The second kappa shape index (κ2) is 7.87. The Morgan fingerprint density at radius 3 is 2.57 bits per heavy atom. The van der Waals surface area contributed by atoms with Gasteiger partial charge in [0.05, 0.1) is 6.04 Å². The SMILES string of the molecule is O=C(NC[C@@H](c1ccccc1)N1CCCCCC1)c1ncn[nH]1. The molecule has 0 radical (unpaired) electrons. The van der Waals surface area contributed by atoms with Gasteiger partial charge in [-0.05, 0) is 31.5 Å². The summed E-state index contributed by atoms with van der Waals surface area (Å²) in [4.78, 5) is 18.5. The molecular formula is C17H23N5O. The van der Waals surface area contributed by atoms with Crippen molar-refractivity contribution in [1.29, 1.82) is 0 Å². The number of amides is 1. The molecule has 0 unspecified atom stereocenters. The summed E-state index contributed by atoms with van der Waals surface area (Å²) in [7, 11) is 0. The van der Waals surface area contributed by atoms with Crippen LogP contribution in [-0.4, -0.2) is 45.6 Å². The maximum Gasteiger partial charge on any atom is 0.288 e. The monoisotopic (exact) mass is 313 g/mol. The third-order valence-electron chi connectivity index (χ3n) is 4.35. The number of aromatic amines is 1. The molecule has 2 aromatic rings. The number of hydrogen-bond donors (Lipinski definition) is 2. The van der Waals surface area contributed by atoms with Crippen molar-refractivity contribution >= 4 is 5.91 Å². The third kappa shape index (κ3) is 4.16. The molecule has 0 bridgehead atoms. The summed E-state index contributed by atoms with van der Waals surface area (Å²) in [6.45, 7) is 2.74. The topological polar surface area (TPSA) is 73.9 Å². The lowest BCUT2D eigenvalue weighted by Crippen LogP contribution is -2.39. The van der Waals surface area contributed by atoms with Gasteiger partial charge in [0.25, 0.3) is 5.91 Å². The molecule has 1 aromatic carbocycles. The molecule has 1 saturated heterocycles. The predicted octanol–water partition coefficient (Wildman–Crippen LogP) is 2.15. The van der Waals surface area contributed by atoms with E-state index < -0.39 is 0 Å². The van der Waals surface area contributed by atoms with Gasteiger partial charge in [-0.3, -0.25) is 14.8 Å². The van der Waals surface area contributed by atoms with Crippen molar-refractivity contribution in [1.82, 2.24) is 25.4 Å². The van der Waals surface area contributed by atoms with E-state index >= 15 is 0 Å². The number of benzene rings is 1. The van der Waals surface area contributed by atoms with Crippen molar-refractivity contribution in [2.24, 2.45) is 0 Å². The van der Waals surface area contributed by atoms with Crippen molar-refractivity contribution in [2.45, 2.75) is 31.7 Å². The Labute approximate surface area is 136 Å². The van der Waals surface area contributed by atoms with Gasteiger partial charge >= 0.3 is 0 Å². The van der Waals surface area contributed by atoms with Crippen LogP contribution >= 0.6 is 0 Å². The highest BCUT2D eigenvalue weighted by Crippen LogP contribution is 2.23. The molecule has 3 rings (SSSR count). The smallest absolute Gasteiger partial charge is 0.288 e. The first kappa shape index (κ1) is 15.7. The summed E-state index contributed by atoms with van der Waals surface area (Å²) in [5.41, 5.74) is 1.24. The minimum Gasteiger partial charge on any atom is -0.347 e. The minimum atomic E-state index is -0.210. The molecule has 6 nitrogen and oxygen atoms in total. The van der Waals surface area contributed by atoms with Crippen molar-refractivity contribution in [2.75, 3.05) is 19.6 Å². The summed E-state index contributed by atoms with van der Waals surface area (Å²) in [6, 6.07) is 10.6. The normalized spacial score (nSPS) is 17.4. The molecule has 6 heteroatoms. The summed E-state index contributed by atoms with van der Waals surface area (Å²) in [5.74, 6) is 0.0472. The first-order valence-electron chi connectivity index (χ1n) is 8.27. The van der Waals surface area contributed by atoms with Crippen molar-refractivity contribution in [3.8, 4) is 0 Å². The molecular weight excluding hydrogens is 290 g/mol. The van der Waals surface area contributed by atoms with E-state index in [0.29, 0.717) is 6.54 Å². The number of nitrogens with one attached hydrogen (secondary N) is 2. The van der Waals surface area contributed by atoms with Crippen LogP contribution in [0.3, 0.4) is 0 Å². The van der Waals surface area contributed by atoms with Crippen LogP contribution in [0.25, 0.3) is 0 Å². The van der Waals surface area contributed by atoms with E-state index in [2.05, 4.69) is 49.7 Å². The number of aromatic nitrogens is 3. The molecule has 1 amide bonds. The molecule has 1 fully saturated rings. The maximum atomic E-state index is 12.1. The second-order valence-corrected chi connectivity index (χ2v) is 5.92. The third-order valence-corrected chi connectivity index (χ3v) is 4.35. The second-order valence-electron chi connectivity index (χ2n) is 5.92. The van der Waals surface area contributed by atoms with Crippen LogP contribution in [0.15, 0.2) is 36.7 Å². The number of likely N-dealkylation sites (tertiary alicyclic amines) is 1. The van der Waals surface area contributed by atoms with Crippen molar-refractivity contribution < 1.29 is 4.79 Å². The molecule has 0 spiro atoms. The van der Waals surface area contributed by atoms with E-state index in [1.807, 2.05) is 6.07 Å². The van der Waals surface area contributed by atoms with Crippen LogP contribution in [-0.2, 0) is 0 Å². The van der Waals surface area contributed by atoms with Crippen LogP contribution in [0.1, 0.15) is 47.9 Å². The highest BCUT2D eigenvalue weighted by Gasteiger charge is 2.22. The summed E-state index contributed by atoms with van der Waals surface area (Å²) >= 11 is 0. The fourth-order valence-corrected chi connectivity index (χ4v) is 3.13.